The number of esters is 1. The molecular weight excluding hydrogens is 288 g/mol. The molecule has 1 saturated heterocycles. The standard InChI is InChI=1S/C12H19ClN2O5/c1-12(2,3)20-11(18)14-5-6-15(10(13)17)8(7-14)9(16)19-4/h8H,5-7H2,1-4H3/t8-/m1/s1. The van der Waals surface area contributed by atoms with Gasteiger partial charge in [0, 0.05) is 13.1 Å². The number of carbonyl (C=O) groups is 3. The molecule has 2 amide bonds. The molecule has 0 aromatic carbocycles. The number of ether oxygens (including phenoxy) is 2. The Bertz CT molecular complexity index is 407. The van der Waals surface area contributed by atoms with E-state index in [-0.39, 0.29) is 19.6 Å². The van der Waals surface area contributed by atoms with Gasteiger partial charge in [0.15, 0.2) is 0 Å². The fourth-order valence-electron chi connectivity index (χ4n) is 1.82. The van der Waals surface area contributed by atoms with E-state index in [2.05, 4.69) is 4.74 Å². The molecule has 0 aliphatic carbocycles. The van der Waals surface area contributed by atoms with Crippen molar-refractivity contribution in [2.75, 3.05) is 26.7 Å². The normalized spacial score (nSPS) is 19.6. The fraction of sp³-hybridized carbons (Fsp3) is 0.750. The minimum atomic E-state index is -0.911. The number of piperazine rings is 1. The lowest BCUT2D eigenvalue weighted by molar-refractivity contribution is -0.147. The minimum Gasteiger partial charge on any atom is -0.467 e. The summed E-state index contributed by atoms with van der Waals surface area (Å²) < 4.78 is 9.86. The number of carbonyl (C=O) groups excluding carboxylic acids is 3. The third kappa shape index (κ3) is 4.26. The predicted molar refractivity (Wildman–Crippen MR) is 71.6 cm³/mol. The first kappa shape index (κ1) is 16.6. The van der Waals surface area contributed by atoms with Gasteiger partial charge in [0.25, 0.3) is 0 Å². The van der Waals surface area contributed by atoms with Gasteiger partial charge >= 0.3 is 17.4 Å². The molecule has 7 nitrogen and oxygen atoms in total. The summed E-state index contributed by atoms with van der Waals surface area (Å²) in [6.07, 6.45) is -0.534. The van der Waals surface area contributed by atoms with E-state index in [0.29, 0.717) is 0 Å². The average molecular weight is 307 g/mol. The quantitative estimate of drug-likeness (QED) is 0.416. The maximum Gasteiger partial charge on any atom is 0.410 e. The van der Waals surface area contributed by atoms with Gasteiger partial charge in [-0.3, -0.25) is 4.79 Å². The Morgan fingerprint density at radius 3 is 2.25 bits per heavy atom. The lowest BCUT2D eigenvalue weighted by Gasteiger charge is -2.38. The summed E-state index contributed by atoms with van der Waals surface area (Å²) in [6.45, 7) is 5.66. The van der Waals surface area contributed by atoms with Gasteiger partial charge in [0.1, 0.15) is 11.6 Å². The fourth-order valence-corrected chi connectivity index (χ4v) is 2.03. The molecule has 0 aromatic heterocycles. The molecule has 0 spiro atoms. The van der Waals surface area contributed by atoms with Crippen LogP contribution in [0.3, 0.4) is 0 Å². The molecule has 0 N–H and O–H groups in total. The van der Waals surface area contributed by atoms with Gasteiger partial charge in [0.2, 0.25) is 0 Å². The van der Waals surface area contributed by atoms with Crippen molar-refractivity contribution in [3.63, 3.8) is 0 Å². The second-order valence-electron chi connectivity index (χ2n) is 5.41. The molecule has 0 unspecified atom stereocenters. The first-order valence-corrected chi connectivity index (χ1v) is 6.55. The van der Waals surface area contributed by atoms with Crippen LogP contribution in [0.5, 0.6) is 0 Å². The summed E-state index contributed by atoms with van der Waals surface area (Å²) in [5.74, 6) is -0.618. The second kappa shape index (κ2) is 6.30. The maximum atomic E-state index is 12.0. The van der Waals surface area contributed by atoms with E-state index in [4.69, 9.17) is 16.3 Å². The minimum absolute atomic E-state index is 0.0000463. The zero-order valence-corrected chi connectivity index (χ0v) is 12.8. The molecule has 0 saturated carbocycles. The first-order valence-electron chi connectivity index (χ1n) is 6.17. The van der Waals surface area contributed by atoms with Gasteiger partial charge in [-0.05, 0) is 32.4 Å². The Morgan fingerprint density at radius 1 is 1.20 bits per heavy atom. The van der Waals surface area contributed by atoms with Crippen LogP contribution in [0, 0.1) is 0 Å². The second-order valence-corrected chi connectivity index (χ2v) is 5.73. The Hall–Kier alpha value is -1.50. The van der Waals surface area contributed by atoms with Gasteiger partial charge < -0.3 is 19.3 Å². The highest BCUT2D eigenvalue weighted by atomic mass is 35.5. The van der Waals surface area contributed by atoms with Crippen molar-refractivity contribution in [3.8, 4) is 0 Å². The highest BCUT2D eigenvalue weighted by molar-refractivity contribution is 6.63. The molecule has 8 heteroatoms. The number of methoxy groups -OCH3 is 1. The largest absolute Gasteiger partial charge is 0.467 e. The average Bonchev–Trinajstić information content (AvgIpc) is 2.34. The number of hydrogen-bond donors (Lipinski definition) is 0. The van der Waals surface area contributed by atoms with Crippen LogP contribution < -0.4 is 0 Å². The number of amides is 2. The summed E-state index contributed by atoms with van der Waals surface area (Å²) in [5, 5.41) is -0.746. The van der Waals surface area contributed by atoms with E-state index in [0.717, 1.165) is 0 Å². The Labute approximate surface area is 122 Å². The van der Waals surface area contributed by atoms with Crippen LogP contribution >= 0.6 is 11.6 Å². The molecule has 1 fully saturated rings. The zero-order chi connectivity index (χ0) is 15.5. The Kier molecular flexibility index (Phi) is 5.21. The van der Waals surface area contributed by atoms with Crippen LogP contribution in [-0.2, 0) is 14.3 Å². The van der Waals surface area contributed by atoms with Gasteiger partial charge in [0.05, 0.1) is 13.7 Å². The van der Waals surface area contributed by atoms with Crippen molar-refractivity contribution in [3.05, 3.63) is 0 Å². The van der Waals surface area contributed by atoms with Crippen LogP contribution in [0.1, 0.15) is 20.8 Å². The van der Waals surface area contributed by atoms with Crippen LogP contribution in [-0.4, -0.2) is 65.6 Å². The topological polar surface area (TPSA) is 76.2 Å². The summed E-state index contributed by atoms with van der Waals surface area (Å²) in [6, 6.07) is -0.911. The van der Waals surface area contributed by atoms with E-state index in [1.165, 1.54) is 16.9 Å². The molecule has 0 radical (unpaired) electrons. The molecule has 1 rings (SSSR count). The van der Waals surface area contributed by atoms with Crippen LogP contribution in [0.15, 0.2) is 0 Å². The Morgan fingerprint density at radius 2 is 1.80 bits per heavy atom. The molecule has 0 aromatic rings. The van der Waals surface area contributed by atoms with Crippen LogP contribution in [0.2, 0.25) is 0 Å². The predicted octanol–water partition coefficient (Wildman–Crippen LogP) is 1.44. The van der Waals surface area contributed by atoms with Crippen LogP contribution in [0.4, 0.5) is 9.59 Å². The van der Waals surface area contributed by atoms with E-state index >= 15 is 0 Å². The molecule has 1 heterocycles. The van der Waals surface area contributed by atoms with E-state index < -0.39 is 29.1 Å². The van der Waals surface area contributed by atoms with Gasteiger partial charge in [-0.2, -0.15) is 0 Å². The molecule has 114 valence electrons. The van der Waals surface area contributed by atoms with Crippen LogP contribution in [0.25, 0.3) is 0 Å². The molecule has 1 atom stereocenters. The molecule has 1 aliphatic heterocycles. The van der Waals surface area contributed by atoms with Crippen molar-refractivity contribution in [1.82, 2.24) is 9.80 Å². The third-order valence-corrected chi connectivity index (χ3v) is 2.95. The van der Waals surface area contributed by atoms with Gasteiger partial charge in [-0.15, -0.1) is 0 Å². The Balaban J connectivity index is 2.78. The van der Waals surface area contributed by atoms with E-state index in [1.807, 2.05) is 0 Å². The monoisotopic (exact) mass is 306 g/mol. The SMILES string of the molecule is COC(=O)[C@H]1CN(C(=O)OC(C)(C)C)CCN1C(=O)Cl. The van der Waals surface area contributed by atoms with Crippen molar-refractivity contribution < 1.29 is 23.9 Å². The van der Waals surface area contributed by atoms with Crippen molar-refractivity contribution in [2.45, 2.75) is 32.4 Å². The van der Waals surface area contributed by atoms with E-state index in [9.17, 15) is 14.4 Å². The number of halogens is 1. The highest BCUT2D eigenvalue weighted by Crippen LogP contribution is 2.17. The first-order chi connectivity index (χ1) is 9.15. The van der Waals surface area contributed by atoms with Crippen molar-refractivity contribution in [1.29, 1.82) is 0 Å². The molecular formula is C12H19ClN2O5. The number of rotatable bonds is 1. The van der Waals surface area contributed by atoms with Crippen molar-refractivity contribution >= 4 is 29.0 Å². The van der Waals surface area contributed by atoms with Crippen molar-refractivity contribution in [2.24, 2.45) is 0 Å². The molecule has 0 bridgehead atoms. The maximum absolute atomic E-state index is 12.0. The molecule has 1 aliphatic rings. The zero-order valence-electron chi connectivity index (χ0n) is 12.0. The smallest absolute Gasteiger partial charge is 0.410 e. The summed E-state index contributed by atoms with van der Waals surface area (Å²) >= 11 is 5.43. The molecule has 20 heavy (non-hydrogen) atoms. The lowest BCUT2D eigenvalue weighted by atomic mass is 10.2. The third-order valence-electron chi connectivity index (χ3n) is 2.73. The number of nitrogens with zero attached hydrogens (tertiary/aromatic N) is 2. The summed E-state index contributed by atoms with van der Waals surface area (Å²) in [5.41, 5.74) is -0.628. The van der Waals surface area contributed by atoms with E-state index in [1.54, 1.807) is 20.8 Å². The van der Waals surface area contributed by atoms with Gasteiger partial charge in [-0.25, -0.2) is 9.59 Å². The van der Waals surface area contributed by atoms with Gasteiger partial charge in [-0.1, -0.05) is 0 Å². The highest BCUT2D eigenvalue weighted by Gasteiger charge is 2.38. The lowest BCUT2D eigenvalue weighted by Crippen LogP contribution is -2.59. The number of hydrogen-bond acceptors (Lipinski definition) is 5. The summed E-state index contributed by atoms with van der Waals surface area (Å²) in [4.78, 5) is 37.5. The summed E-state index contributed by atoms with van der Waals surface area (Å²) in [7, 11) is 1.21.